The van der Waals surface area contributed by atoms with Crippen molar-refractivity contribution in [1.29, 1.82) is 0 Å². The number of benzene rings is 1. The van der Waals surface area contributed by atoms with Gasteiger partial charge in [-0.2, -0.15) is 0 Å². The summed E-state index contributed by atoms with van der Waals surface area (Å²) in [4.78, 5) is 4.08. The van der Waals surface area contributed by atoms with E-state index in [1.807, 2.05) is 18.2 Å². The predicted molar refractivity (Wildman–Crippen MR) is 103 cm³/mol. The Kier molecular flexibility index (Phi) is 8.00. The number of halogens is 2. The lowest BCUT2D eigenvalue weighted by molar-refractivity contribution is 0.216. The van der Waals surface area contributed by atoms with Gasteiger partial charge in [0.2, 0.25) is 0 Å². The first-order chi connectivity index (χ1) is 12.0. The minimum Gasteiger partial charge on any atom is -0.396 e. The molecule has 2 atom stereocenters. The van der Waals surface area contributed by atoms with E-state index < -0.39 is 0 Å². The number of aromatic nitrogens is 1. The van der Waals surface area contributed by atoms with Crippen LogP contribution in [-0.4, -0.2) is 23.2 Å². The maximum absolute atomic E-state index is 13.5. The van der Waals surface area contributed by atoms with Crippen LogP contribution in [0.15, 0.2) is 47.2 Å². The first kappa shape index (κ1) is 20.0. The molecule has 0 fully saturated rings. The van der Waals surface area contributed by atoms with Crippen LogP contribution in [0.3, 0.4) is 0 Å². The fourth-order valence-electron chi connectivity index (χ4n) is 2.98. The first-order valence-corrected chi connectivity index (χ1v) is 9.46. The molecule has 0 radical (unpaired) electrons. The molecule has 0 saturated heterocycles. The molecule has 5 heteroatoms. The summed E-state index contributed by atoms with van der Waals surface area (Å²) in [6, 6.07) is 9.14. The third kappa shape index (κ3) is 6.84. The average molecular weight is 409 g/mol. The van der Waals surface area contributed by atoms with Crippen molar-refractivity contribution in [2.45, 2.75) is 32.7 Å². The van der Waals surface area contributed by atoms with Crippen LogP contribution >= 0.6 is 15.9 Å². The van der Waals surface area contributed by atoms with Crippen LogP contribution in [0.5, 0.6) is 0 Å². The van der Waals surface area contributed by atoms with Gasteiger partial charge in [0.1, 0.15) is 5.82 Å². The van der Waals surface area contributed by atoms with Crippen molar-refractivity contribution >= 4 is 15.9 Å². The Morgan fingerprint density at radius 2 is 1.92 bits per heavy atom. The lowest BCUT2D eigenvalue weighted by atomic mass is 9.95. The van der Waals surface area contributed by atoms with Crippen LogP contribution in [0.2, 0.25) is 0 Å². The van der Waals surface area contributed by atoms with Gasteiger partial charge < -0.3 is 10.4 Å². The number of aliphatic hydroxyl groups excluding tert-OH is 1. The second-order valence-electron chi connectivity index (χ2n) is 6.90. The highest BCUT2D eigenvalue weighted by Gasteiger charge is 2.16. The summed E-state index contributed by atoms with van der Waals surface area (Å²) in [5.41, 5.74) is 2.09. The van der Waals surface area contributed by atoms with Gasteiger partial charge >= 0.3 is 0 Å². The average Bonchev–Trinajstić information content (AvgIpc) is 2.57. The van der Waals surface area contributed by atoms with E-state index in [0.717, 1.165) is 16.5 Å². The number of hydrogen-bond acceptors (Lipinski definition) is 3. The SMILES string of the molecule is CC(C)CC(NCC(CO)Cc1cc(F)cc(Br)c1)c1ccncc1. The Balaban J connectivity index is 2.01. The van der Waals surface area contributed by atoms with Crippen LogP contribution in [-0.2, 0) is 6.42 Å². The van der Waals surface area contributed by atoms with E-state index in [9.17, 15) is 9.50 Å². The molecule has 0 aliphatic heterocycles. The zero-order valence-electron chi connectivity index (χ0n) is 14.8. The highest BCUT2D eigenvalue weighted by atomic mass is 79.9. The summed E-state index contributed by atoms with van der Waals surface area (Å²) >= 11 is 3.32. The van der Waals surface area contributed by atoms with Crippen LogP contribution in [0.1, 0.15) is 37.4 Å². The molecule has 0 amide bonds. The van der Waals surface area contributed by atoms with E-state index in [-0.39, 0.29) is 24.4 Å². The van der Waals surface area contributed by atoms with Gasteiger partial charge in [0.25, 0.3) is 0 Å². The number of hydrogen-bond donors (Lipinski definition) is 2. The number of pyridine rings is 1. The van der Waals surface area contributed by atoms with Crippen molar-refractivity contribution in [2.75, 3.05) is 13.2 Å². The molecular weight excluding hydrogens is 383 g/mol. The molecule has 1 aromatic heterocycles. The lowest BCUT2D eigenvalue weighted by Gasteiger charge is -2.24. The van der Waals surface area contributed by atoms with Gasteiger partial charge in [0, 0.05) is 36.1 Å². The second-order valence-corrected chi connectivity index (χ2v) is 7.82. The fourth-order valence-corrected chi connectivity index (χ4v) is 3.49. The summed E-state index contributed by atoms with van der Waals surface area (Å²) in [6.07, 6.45) is 5.24. The minimum absolute atomic E-state index is 0.0326. The van der Waals surface area contributed by atoms with E-state index in [4.69, 9.17) is 0 Å². The summed E-state index contributed by atoms with van der Waals surface area (Å²) in [5.74, 6) is 0.325. The highest BCUT2D eigenvalue weighted by molar-refractivity contribution is 9.10. The van der Waals surface area contributed by atoms with Crippen LogP contribution in [0, 0.1) is 17.7 Å². The van der Waals surface area contributed by atoms with E-state index >= 15 is 0 Å². The number of rotatable bonds is 9. The van der Waals surface area contributed by atoms with Gasteiger partial charge in [-0.15, -0.1) is 0 Å². The topological polar surface area (TPSA) is 45.1 Å². The molecule has 0 aliphatic carbocycles. The van der Waals surface area contributed by atoms with Gasteiger partial charge in [-0.1, -0.05) is 29.8 Å². The maximum atomic E-state index is 13.5. The molecule has 0 bridgehead atoms. The van der Waals surface area contributed by atoms with Gasteiger partial charge in [-0.25, -0.2) is 4.39 Å². The fraction of sp³-hybridized carbons (Fsp3) is 0.450. The summed E-state index contributed by atoms with van der Waals surface area (Å²) < 4.78 is 14.3. The molecular formula is C20H26BrFN2O. The molecule has 0 spiro atoms. The maximum Gasteiger partial charge on any atom is 0.124 e. The zero-order valence-corrected chi connectivity index (χ0v) is 16.3. The van der Waals surface area contributed by atoms with Crippen molar-refractivity contribution < 1.29 is 9.50 Å². The van der Waals surface area contributed by atoms with Crippen LogP contribution < -0.4 is 5.32 Å². The van der Waals surface area contributed by atoms with Crippen molar-refractivity contribution in [1.82, 2.24) is 10.3 Å². The zero-order chi connectivity index (χ0) is 18.2. The van der Waals surface area contributed by atoms with Crippen molar-refractivity contribution in [3.8, 4) is 0 Å². The van der Waals surface area contributed by atoms with E-state index in [0.29, 0.717) is 18.9 Å². The van der Waals surface area contributed by atoms with Gasteiger partial charge in [-0.3, -0.25) is 4.98 Å². The molecule has 2 aromatic rings. The molecule has 2 unspecified atom stereocenters. The largest absolute Gasteiger partial charge is 0.396 e. The van der Waals surface area contributed by atoms with E-state index in [1.54, 1.807) is 12.4 Å². The molecule has 1 heterocycles. The highest BCUT2D eigenvalue weighted by Crippen LogP contribution is 2.22. The molecule has 3 nitrogen and oxygen atoms in total. The molecule has 2 N–H and O–H groups in total. The Labute approximate surface area is 157 Å². The van der Waals surface area contributed by atoms with Crippen LogP contribution in [0.4, 0.5) is 4.39 Å². The lowest BCUT2D eigenvalue weighted by Crippen LogP contribution is -2.31. The number of nitrogens with zero attached hydrogens (tertiary/aromatic N) is 1. The van der Waals surface area contributed by atoms with E-state index in [1.165, 1.54) is 17.7 Å². The predicted octanol–water partition coefficient (Wildman–Crippen LogP) is 4.51. The van der Waals surface area contributed by atoms with Crippen LogP contribution in [0.25, 0.3) is 0 Å². The molecule has 2 rings (SSSR count). The third-order valence-electron chi connectivity index (χ3n) is 4.17. The molecule has 0 aliphatic rings. The number of nitrogens with one attached hydrogen (secondary N) is 1. The molecule has 1 aromatic carbocycles. The smallest absolute Gasteiger partial charge is 0.124 e. The van der Waals surface area contributed by atoms with Gasteiger partial charge in [0.15, 0.2) is 0 Å². The first-order valence-electron chi connectivity index (χ1n) is 8.67. The Morgan fingerprint density at radius 3 is 2.52 bits per heavy atom. The minimum atomic E-state index is -0.261. The summed E-state index contributed by atoms with van der Waals surface area (Å²) in [5, 5.41) is 13.3. The molecule has 25 heavy (non-hydrogen) atoms. The third-order valence-corrected chi connectivity index (χ3v) is 4.63. The van der Waals surface area contributed by atoms with Crippen molar-refractivity contribution in [3.63, 3.8) is 0 Å². The van der Waals surface area contributed by atoms with Crippen molar-refractivity contribution in [2.24, 2.45) is 11.8 Å². The Hall–Kier alpha value is -1.30. The standard InChI is InChI=1S/C20H26BrFN2O/c1-14(2)7-20(17-3-5-23-6-4-17)24-12-16(13-25)8-15-9-18(21)11-19(22)10-15/h3-6,9-11,14,16,20,24-25H,7-8,12-13H2,1-2H3. The Bertz CT molecular complexity index is 631. The van der Waals surface area contributed by atoms with Gasteiger partial charge in [0.05, 0.1) is 0 Å². The monoisotopic (exact) mass is 408 g/mol. The second kappa shape index (κ2) is 10.00. The van der Waals surface area contributed by atoms with Gasteiger partial charge in [-0.05, 0) is 66.1 Å². The summed E-state index contributed by atoms with van der Waals surface area (Å²) in [6.45, 7) is 5.13. The summed E-state index contributed by atoms with van der Waals surface area (Å²) in [7, 11) is 0. The Morgan fingerprint density at radius 1 is 1.20 bits per heavy atom. The quantitative estimate of drug-likeness (QED) is 0.641. The molecule has 0 saturated carbocycles. The van der Waals surface area contributed by atoms with E-state index in [2.05, 4.69) is 40.1 Å². The number of aliphatic hydroxyl groups is 1. The normalized spacial score (nSPS) is 13.8. The van der Waals surface area contributed by atoms with Crippen molar-refractivity contribution in [3.05, 3.63) is 64.1 Å². The molecule has 136 valence electrons.